The van der Waals surface area contributed by atoms with Crippen molar-refractivity contribution in [2.45, 2.75) is 13.0 Å². The molecule has 0 spiro atoms. The van der Waals surface area contributed by atoms with Gasteiger partial charge in [-0.2, -0.15) is 5.26 Å². The van der Waals surface area contributed by atoms with Crippen LogP contribution in [0.1, 0.15) is 21.6 Å². The molecule has 1 aromatic heterocycles. The molecule has 3 rings (SSSR count). The van der Waals surface area contributed by atoms with E-state index in [9.17, 15) is 9.90 Å². The van der Waals surface area contributed by atoms with Crippen molar-refractivity contribution < 1.29 is 9.90 Å². The molecule has 108 valence electrons. The molecule has 22 heavy (non-hydrogen) atoms. The van der Waals surface area contributed by atoms with Crippen LogP contribution in [-0.2, 0) is 13.0 Å². The van der Waals surface area contributed by atoms with Gasteiger partial charge in [-0.1, -0.05) is 36.4 Å². The third-order valence-corrected chi connectivity index (χ3v) is 3.72. The van der Waals surface area contributed by atoms with Crippen LogP contribution >= 0.6 is 0 Å². The zero-order valence-corrected chi connectivity index (χ0v) is 11.9. The summed E-state index contributed by atoms with van der Waals surface area (Å²) in [6.45, 7) is 0.560. The van der Waals surface area contributed by atoms with E-state index in [1.807, 2.05) is 30.3 Å². The second-order valence-electron chi connectivity index (χ2n) is 5.11. The van der Waals surface area contributed by atoms with Crippen molar-refractivity contribution in [2.75, 3.05) is 0 Å². The SMILES string of the molecule is N#Cc1ccc2cc(C(=O)O)n(CCc3ccccc3)c2c1. The van der Waals surface area contributed by atoms with Gasteiger partial charge in [0.1, 0.15) is 5.69 Å². The molecule has 0 aliphatic heterocycles. The molecule has 0 bridgehead atoms. The number of benzene rings is 2. The minimum atomic E-state index is -0.956. The molecular weight excluding hydrogens is 276 g/mol. The van der Waals surface area contributed by atoms with E-state index in [-0.39, 0.29) is 5.69 Å². The van der Waals surface area contributed by atoms with E-state index in [1.165, 1.54) is 0 Å². The van der Waals surface area contributed by atoms with Gasteiger partial charge in [-0.15, -0.1) is 0 Å². The summed E-state index contributed by atoms with van der Waals surface area (Å²) in [5.41, 5.74) is 2.72. The number of carbonyl (C=O) groups is 1. The normalized spacial score (nSPS) is 10.5. The predicted octanol–water partition coefficient (Wildman–Crippen LogP) is 3.45. The number of nitrogens with zero attached hydrogens (tertiary/aromatic N) is 2. The first-order valence-corrected chi connectivity index (χ1v) is 6.99. The van der Waals surface area contributed by atoms with Gasteiger partial charge in [-0.3, -0.25) is 0 Å². The number of carboxylic acid groups (broad SMARTS) is 1. The quantitative estimate of drug-likeness (QED) is 0.800. The zero-order chi connectivity index (χ0) is 15.5. The van der Waals surface area contributed by atoms with E-state index in [1.54, 1.807) is 28.8 Å². The molecule has 0 amide bonds. The van der Waals surface area contributed by atoms with E-state index >= 15 is 0 Å². The van der Waals surface area contributed by atoms with Crippen molar-refractivity contribution in [1.29, 1.82) is 5.26 Å². The second kappa shape index (κ2) is 5.74. The summed E-state index contributed by atoms with van der Waals surface area (Å²) in [4.78, 5) is 11.5. The largest absolute Gasteiger partial charge is 0.477 e. The van der Waals surface area contributed by atoms with Crippen LogP contribution in [-0.4, -0.2) is 15.6 Å². The summed E-state index contributed by atoms with van der Waals surface area (Å²) in [5, 5.41) is 19.3. The molecular formula is C18H14N2O2. The lowest BCUT2D eigenvalue weighted by Gasteiger charge is -2.08. The number of aryl methyl sites for hydroxylation is 2. The predicted molar refractivity (Wildman–Crippen MR) is 83.8 cm³/mol. The minimum absolute atomic E-state index is 0.251. The second-order valence-corrected chi connectivity index (χ2v) is 5.11. The molecule has 0 saturated carbocycles. The highest BCUT2D eigenvalue weighted by Crippen LogP contribution is 2.22. The number of hydrogen-bond acceptors (Lipinski definition) is 2. The third kappa shape index (κ3) is 2.57. The van der Waals surface area contributed by atoms with Crippen LogP contribution < -0.4 is 0 Å². The molecule has 4 heteroatoms. The molecule has 0 radical (unpaired) electrons. The molecule has 1 heterocycles. The molecule has 0 atom stereocenters. The fraction of sp³-hybridized carbons (Fsp3) is 0.111. The van der Waals surface area contributed by atoms with Gasteiger partial charge < -0.3 is 9.67 Å². The first-order valence-electron chi connectivity index (χ1n) is 6.99. The average Bonchev–Trinajstić information content (AvgIpc) is 2.91. The van der Waals surface area contributed by atoms with Crippen LogP contribution in [0, 0.1) is 11.3 Å². The van der Waals surface area contributed by atoms with Crippen molar-refractivity contribution >= 4 is 16.9 Å². The van der Waals surface area contributed by atoms with Crippen molar-refractivity contribution in [1.82, 2.24) is 4.57 Å². The third-order valence-electron chi connectivity index (χ3n) is 3.72. The van der Waals surface area contributed by atoms with Crippen LogP contribution in [0.2, 0.25) is 0 Å². The molecule has 0 unspecified atom stereocenters. The Morgan fingerprint density at radius 1 is 1.14 bits per heavy atom. The smallest absolute Gasteiger partial charge is 0.352 e. The summed E-state index contributed by atoms with van der Waals surface area (Å²) < 4.78 is 1.77. The lowest BCUT2D eigenvalue weighted by molar-refractivity contribution is 0.0685. The topological polar surface area (TPSA) is 66.0 Å². The van der Waals surface area contributed by atoms with Gasteiger partial charge in [-0.25, -0.2) is 4.79 Å². The number of aromatic nitrogens is 1. The molecule has 0 fully saturated rings. The number of carboxylic acids is 1. The number of rotatable bonds is 4. The monoisotopic (exact) mass is 290 g/mol. The number of nitriles is 1. The summed E-state index contributed by atoms with van der Waals surface area (Å²) in [6.07, 6.45) is 0.738. The molecule has 3 aromatic rings. The van der Waals surface area contributed by atoms with Crippen LogP contribution in [0.3, 0.4) is 0 Å². The molecule has 0 saturated heterocycles. The Kier molecular flexibility index (Phi) is 3.63. The van der Waals surface area contributed by atoms with Crippen LogP contribution in [0.15, 0.2) is 54.6 Å². The number of aromatic carboxylic acids is 1. The Labute approximate surface area is 127 Å². The van der Waals surface area contributed by atoms with Gasteiger partial charge in [-0.05, 0) is 30.2 Å². The Morgan fingerprint density at radius 2 is 1.91 bits per heavy atom. The summed E-state index contributed by atoms with van der Waals surface area (Å²) >= 11 is 0. The van der Waals surface area contributed by atoms with E-state index in [0.29, 0.717) is 12.1 Å². The number of fused-ring (bicyclic) bond motifs is 1. The molecule has 1 N–H and O–H groups in total. The van der Waals surface area contributed by atoms with Crippen LogP contribution in [0.4, 0.5) is 0 Å². The van der Waals surface area contributed by atoms with Gasteiger partial charge in [0, 0.05) is 17.4 Å². The lowest BCUT2D eigenvalue weighted by atomic mass is 10.1. The Bertz CT molecular complexity index is 873. The van der Waals surface area contributed by atoms with Crippen molar-refractivity contribution in [2.24, 2.45) is 0 Å². The molecule has 2 aromatic carbocycles. The Morgan fingerprint density at radius 3 is 2.59 bits per heavy atom. The van der Waals surface area contributed by atoms with Gasteiger partial charge >= 0.3 is 5.97 Å². The summed E-state index contributed by atoms with van der Waals surface area (Å²) in [7, 11) is 0. The maximum absolute atomic E-state index is 11.5. The van der Waals surface area contributed by atoms with Crippen LogP contribution in [0.25, 0.3) is 10.9 Å². The maximum Gasteiger partial charge on any atom is 0.352 e. The standard InChI is InChI=1S/C18H14N2O2/c19-12-14-6-7-15-11-17(18(21)22)20(16(15)10-14)9-8-13-4-2-1-3-5-13/h1-7,10-11H,8-9H2,(H,21,22). The molecule has 4 nitrogen and oxygen atoms in total. The summed E-state index contributed by atoms with van der Waals surface area (Å²) in [6, 6.07) is 18.9. The van der Waals surface area contributed by atoms with Crippen molar-refractivity contribution in [3.05, 3.63) is 71.4 Å². The molecule has 0 aliphatic rings. The van der Waals surface area contributed by atoms with E-state index in [0.717, 1.165) is 22.9 Å². The van der Waals surface area contributed by atoms with Crippen molar-refractivity contribution in [3.8, 4) is 6.07 Å². The van der Waals surface area contributed by atoms with E-state index < -0.39 is 5.97 Å². The highest BCUT2D eigenvalue weighted by molar-refractivity contribution is 5.95. The first kappa shape index (κ1) is 13.9. The lowest BCUT2D eigenvalue weighted by Crippen LogP contribution is -2.10. The van der Waals surface area contributed by atoms with Gasteiger partial charge in [0.2, 0.25) is 0 Å². The Balaban J connectivity index is 2.03. The first-order chi connectivity index (χ1) is 10.7. The average molecular weight is 290 g/mol. The highest BCUT2D eigenvalue weighted by atomic mass is 16.4. The fourth-order valence-electron chi connectivity index (χ4n) is 2.63. The maximum atomic E-state index is 11.5. The van der Waals surface area contributed by atoms with Crippen molar-refractivity contribution in [3.63, 3.8) is 0 Å². The fourth-order valence-corrected chi connectivity index (χ4v) is 2.63. The van der Waals surface area contributed by atoms with Gasteiger partial charge in [0.05, 0.1) is 11.6 Å². The Hall–Kier alpha value is -3.06. The number of hydrogen-bond donors (Lipinski definition) is 1. The van der Waals surface area contributed by atoms with E-state index in [2.05, 4.69) is 6.07 Å². The van der Waals surface area contributed by atoms with Gasteiger partial charge in [0.15, 0.2) is 0 Å². The zero-order valence-electron chi connectivity index (χ0n) is 11.9. The van der Waals surface area contributed by atoms with Crippen LogP contribution in [0.5, 0.6) is 0 Å². The minimum Gasteiger partial charge on any atom is -0.477 e. The van der Waals surface area contributed by atoms with Gasteiger partial charge in [0.25, 0.3) is 0 Å². The van der Waals surface area contributed by atoms with E-state index in [4.69, 9.17) is 5.26 Å². The highest BCUT2D eigenvalue weighted by Gasteiger charge is 2.14. The molecule has 0 aliphatic carbocycles. The summed E-state index contributed by atoms with van der Waals surface area (Å²) in [5.74, 6) is -0.956.